The summed E-state index contributed by atoms with van der Waals surface area (Å²) in [5.41, 5.74) is 2.91. The van der Waals surface area contributed by atoms with Crippen molar-refractivity contribution in [1.82, 2.24) is 15.2 Å². The minimum atomic E-state index is 0.220. The summed E-state index contributed by atoms with van der Waals surface area (Å²) < 4.78 is 0. The molecule has 1 aromatic rings. The second kappa shape index (κ2) is 5.15. The van der Waals surface area contributed by atoms with Crippen molar-refractivity contribution < 1.29 is 0 Å². The SMILES string of the molecule is Cc1cnccc1CN1CCCNC(C)(C)C1. The maximum atomic E-state index is 4.15. The number of aryl methyl sites for hydroxylation is 1. The third kappa shape index (κ3) is 3.51. The van der Waals surface area contributed by atoms with Crippen molar-refractivity contribution >= 4 is 0 Å². The second-order valence-electron chi connectivity index (χ2n) is 5.68. The first-order chi connectivity index (χ1) is 8.07. The van der Waals surface area contributed by atoms with Crippen LogP contribution in [-0.2, 0) is 6.54 Å². The number of rotatable bonds is 2. The first kappa shape index (κ1) is 12.5. The fourth-order valence-electron chi connectivity index (χ4n) is 2.48. The maximum Gasteiger partial charge on any atom is 0.0300 e. The van der Waals surface area contributed by atoms with Crippen LogP contribution in [0.25, 0.3) is 0 Å². The van der Waals surface area contributed by atoms with Gasteiger partial charge in [0, 0.05) is 31.0 Å². The zero-order chi connectivity index (χ0) is 12.3. The Balaban J connectivity index is 2.05. The molecule has 0 saturated carbocycles. The van der Waals surface area contributed by atoms with E-state index in [4.69, 9.17) is 0 Å². The van der Waals surface area contributed by atoms with Crippen LogP contribution in [0.4, 0.5) is 0 Å². The van der Waals surface area contributed by atoms with Gasteiger partial charge in [-0.15, -0.1) is 0 Å². The molecule has 1 saturated heterocycles. The van der Waals surface area contributed by atoms with Gasteiger partial charge in [0.15, 0.2) is 0 Å². The highest BCUT2D eigenvalue weighted by molar-refractivity contribution is 5.21. The third-order valence-corrected chi connectivity index (χ3v) is 3.40. The van der Waals surface area contributed by atoms with Gasteiger partial charge in [-0.25, -0.2) is 0 Å². The van der Waals surface area contributed by atoms with E-state index in [1.165, 1.54) is 24.1 Å². The number of hydrogen-bond acceptors (Lipinski definition) is 3. The molecule has 2 heterocycles. The minimum absolute atomic E-state index is 0.220. The van der Waals surface area contributed by atoms with Crippen LogP contribution in [0.5, 0.6) is 0 Å². The van der Waals surface area contributed by atoms with E-state index in [0.29, 0.717) is 0 Å². The van der Waals surface area contributed by atoms with Crippen molar-refractivity contribution in [2.24, 2.45) is 0 Å². The van der Waals surface area contributed by atoms with E-state index in [1.807, 2.05) is 12.4 Å². The number of nitrogens with zero attached hydrogens (tertiary/aromatic N) is 2. The van der Waals surface area contributed by atoms with Gasteiger partial charge < -0.3 is 5.32 Å². The molecule has 0 unspecified atom stereocenters. The molecule has 1 aliphatic rings. The quantitative estimate of drug-likeness (QED) is 0.846. The van der Waals surface area contributed by atoms with Crippen LogP contribution in [0.2, 0.25) is 0 Å². The summed E-state index contributed by atoms with van der Waals surface area (Å²) in [6.45, 7) is 11.2. The Labute approximate surface area is 104 Å². The molecule has 3 heteroatoms. The number of pyridine rings is 1. The van der Waals surface area contributed by atoms with Gasteiger partial charge in [0.1, 0.15) is 0 Å². The molecule has 0 aromatic carbocycles. The molecule has 0 bridgehead atoms. The molecule has 0 amide bonds. The molecular formula is C14H23N3. The molecular weight excluding hydrogens is 210 g/mol. The van der Waals surface area contributed by atoms with Gasteiger partial charge in [-0.05, 0) is 57.5 Å². The molecule has 0 atom stereocenters. The monoisotopic (exact) mass is 233 g/mol. The summed E-state index contributed by atoms with van der Waals surface area (Å²) in [6.07, 6.45) is 5.08. The van der Waals surface area contributed by atoms with Gasteiger partial charge in [-0.3, -0.25) is 9.88 Å². The lowest BCUT2D eigenvalue weighted by Crippen LogP contribution is -2.46. The lowest BCUT2D eigenvalue weighted by Gasteiger charge is -2.30. The average Bonchev–Trinajstić information content (AvgIpc) is 2.43. The minimum Gasteiger partial charge on any atom is -0.310 e. The Morgan fingerprint density at radius 2 is 2.29 bits per heavy atom. The van der Waals surface area contributed by atoms with Crippen molar-refractivity contribution in [3.63, 3.8) is 0 Å². The van der Waals surface area contributed by atoms with Crippen LogP contribution < -0.4 is 5.32 Å². The normalized spacial score (nSPS) is 21.1. The standard InChI is InChI=1S/C14H23N3/c1-12-9-15-7-5-13(12)10-17-8-4-6-16-14(2,3)11-17/h5,7,9,16H,4,6,8,10-11H2,1-3H3. The van der Waals surface area contributed by atoms with E-state index < -0.39 is 0 Å². The predicted octanol–water partition coefficient (Wildman–Crippen LogP) is 1.96. The fraction of sp³-hybridized carbons (Fsp3) is 0.643. The summed E-state index contributed by atoms with van der Waals surface area (Å²) in [5, 5.41) is 3.60. The molecule has 2 rings (SSSR count). The molecule has 1 N–H and O–H groups in total. The third-order valence-electron chi connectivity index (χ3n) is 3.40. The van der Waals surface area contributed by atoms with Crippen LogP contribution >= 0.6 is 0 Å². The summed E-state index contributed by atoms with van der Waals surface area (Å²) in [5.74, 6) is 0. The summed E-state index contributed by atoms with van der Waals surface area (Å²) in [4.78, 5) is 6.70. The predicted molar refractivity (Wildman–Crippen MR) is 70.9 cm³/mol. The Bertz CT molecular complexity index is 373. The van der Waals surface area contributed by atoms with Crippen LogP contribution in [-0.4, -0.2) is 35.1 Å². The molecule has 1 aromatic heterocycles. The molecule has 0 aliphatic carbocycles. The fourth-order valence-corrected chi connectivity index (χ4v) is 2.48. The molecule has 3 nitrogen and oxygen atoms in total. The van der Waals surface area contributed by atoms with Gasteiger partial charge in [-0.1, -0.05) is 0 Å². The molecule has 1 fully saturated rings. The van der Waals surface area contributed by atoms with Gasteiger partial charge in [0.25, 0.3) is 0 Å². The summed E-state index contributed by atoms with van der Waals surface area (Å²) in [7, 11) is 0. The number of hydrogen-bond donors (Lipinski definition) is 1. The van der Waals surface area contributed by atoms with Gasteiger partial charge in [0.05, 0.1) is 0 Å². The van der Waals surface area contributed by atoms with E-state index in [9.17, 15) is 0 Å². The van der Waals surface area contributed by atoms with Crippen LogP contribution in [0.15, 0.2) is 18.5 Å². The van der Waals surface area contributed by atoms with Crippen LogP contribution in [0, 0.1) is 6.92 Å². The van der Waals surface area contributed by atoms with Gasteiger partial charge in [-0.2, -0.15) is 0 Å². The zero-order valence-electron chi connectivity index (χ0n) is 11.2. The van der Waals surface area contributed by atoms with E-state index in [1.54, 1.807) is 0 Å². The molecule has 0 spiro atoms. The first-order valence-electron chi connectivity index (χ1n) is 6.44. The Morgan fingerprint density at radius 1 is 1.47 bits per heavy atom. The molecule has 0 radical (unpaired) electrons. The van der Waals surface area contributed by atoms with Crippen molar-refractivity contribution in [3.8, 4) is 0 Å². The maximum absolute atomic E-state index is 4.15. The molecule has 17 heavy (non-hydrogen) atoms. The summed E-state index contributed by atoms with van der Waals surface area (Å²) in [6, 6.07) is 2.14. The Kier molecular flexibility index (Phi) is 3.79. The van der Waals surface area contributed by atoms with E-state index in [2.05, 4.69) is 42.0 Å². The highest BCUT2D eigenvalue weighted by atomic mass is 15.2. The smallest absolute Gasteiger partial charge is 0.0300 e. The Hall–Kier alpha value is -0.930. The first-order valence-corrected chi connectivity index (χ1v) is 6.44. The highest BCUT2D eigenvalue weighted by Crippen LogP contribution is 2.15. The van der Waals surface area contributed by atoms with Crippen molar-refractivity contribution in [2.75, 3.05) is 19.6 Å². The van der Waals surface area contributed by atoms with Crippen molar-refractivity contribution in [2.45, 2.75) is 39.3 Å². The van der Waals surface area contributed by atoms with Gasteiger partial charge >= 0.3 is 0 Å². The van der Waals surface area contributed by atoms with Crippen LogP contribution in [0.1, 0.15) is 31.4 Å². The molecule has 1 aliphatic heterocycles. The Morgan fingerprint density at radius 3 is 3.06 bits per heavy atom. The second-order valence-corrected chi connectivity index (χ2v) is 5.68. The number of aromatic nitrogens is 1. The average molecular weight is 233 g/mol. The number of nitrogens with one attached hydrogen (secondary N) is 1. The largest absolute Gasteiger partial charge is 0.310 e. The molecule has 94 valence electrons. The van der Waals surface area contributed by atoms with Crippen molar-refractivity contribution in [1.29, 1.82) is 0 Å². The topological polar surface area (TPSA) is 28.2 Å². The lowest BCUT2D eigenvalue weighted by molar-refractivity contribution is 0.223. The lowest BCUT2D eigenvalue weighted by atomic mass is 10.0. The summed E-state index contributed by atoms with van der Waals surface area (Å²) >= 11 is 0. The highest BCUT2D eigenvalue weighted by Gasteiger charge is 2.23. The van der Waals surface area contributed by atoms with Crippen LogP contribution in [0.3, 0.4) is 0 Å². The van der Waals surface area contributed by atoms with Gasteiger partial charge in [0.2, 0.25) is 0 Å². The zero-order valence-corrected chi connectivity index (χ0v) is 11.2. The van der Waals surface area contributed by atoms with E-state index >= 15 is 0 Å². The van der Waals surface area contributed by atoms with E-state index in [-0.39, 0.29) is 5.54 Å². The van der Waals surface area contributed by atoms with E-state index in [0.717, 1.165) is 19.6 Å². The van der Waals surface area contributed by atoms with Crippen molar-refractivity contribution in [3.05, 3.63) is 29.6 Å².